The van der Waals surface area contributed by atoms with E-state index in [1.54, 1.807) is 13.2 Å². The van der Waals surface area contributed by atoms with Crippen LogP contribution in [-0.4, -0.2) is 36.7 Å². The molecule has 1 atom stereocenters. The van der Waals surface area contributed by atoms with Crippen molar-refractivity contribution in [1.82, 2.24) is 5.32 Å². The molecule has 3 aromatic rings. The van der Waals surface area contributed by atoms with Gasteiger partial charge in [-0.15, -0.1) is 0 Å². The summed E-state index contributed by atoms with van der Waals surface area (Å²) in [6.45, 7) is 1.07. The molecule has 3 rings (SSSR count). The topological polar surface area (TPSA) is 90.8 Å². The molecule has 0 saturated heterocycles. The van der Waals surface area contributed by atoms with E-state index >= 15 is 0 Å². The van der Waals surface area contributed by atoms with Crippen LogP contribution in [0.15, 0.2) is 66.7 Å². The van der Waals surface area contributed by atoms with Gasteiger partial charge >= 0.3 is 0 Å². The number of ether oxygens (including phenoxy) is 1. The molecule has 6 heteroatoms. The van der Waals surface area contributed by atoms with Crippen molar-refractivity contribution < 1.29 is 19.7 Å². The second kappa shape index (κ2) is 10.4. The lowest BCUT2D eigenvalue weighted by Gasteiger charge is -2.13. The fourth-order valence-electron chi connectivity index (χ4n) is 3.06. The van der Waals surface area contributed by atoms with E-state index in [2.05, 4.69) is 22.8 Å². The molecule has 3 aromatic carbocycles. The van der Waals surface area contributed by atoms with E-state index in [1.165, 1.54) is 17.7 Å². The van der Waals surface area contributed by atoms with E-state index in [0.29, 0.717) is 24.9 Å². The summed E-state index contributed by atoms with van der Waals surface area (Å²) < 4.78 is 5.16. The van der Waals surface area contributed by atoms with Gasteiger partial charge in [-0.2, -0.15) is 0 Å². The summed E-state index contributed by atoms with van der Waals surface area (Å²) >= 11 is 0. The van der Waals surface area contributed by atoms with Gasteiger partial charge in [-0.1, -0.05) is 18.2 Å². The number of nitrogens with one attached hydrogen (secondary N) is 2. The highest BCUT2D eigenvalue weighted by atomic mass is 16.5. The smallest absolute Gasteiger partial charge is 0.153 e. The molecule has 0 unspecified atom stereocenters. The second-order valence-electron chi connectivity index (χ2n) is 6.96. The monoisotopic (exact) mass is 406 g/mol. The summed E-state index contributed by atoms with van der Waals surface area (Å²) in [6, 6.07) is 20.5. The highest BCUT2D eigenvalue weighted by Gasteiger charge is 2.10. The molecular formula is C24H26N2O4. The Labute approximate surface area is 176 Å². The Morgan fingerprint density at radius 2 is 1.67 bits per heavy atom. The minimum Gasteiger partial charge on any atom is -0.507 e. The molecule has 0 aliphatic rings. The van der Waals surface area contributed by atoms with E-state index in [4.69, 9.17) is 4.74 Å². The number of aldehydes is 1. The van der Waals surface area contributed by atoms with Crippen LogP contribution in [0.4, 0.5) is 11.4 Å². The molecule has 0 heterocycles. The maximum atomic E-state index is 10.9. The van der Waals surface area contributed by atoms with Crippen LogP contribution in [0, 0.1) is 0 Å². The molecule has 30 heavy (non-hydrogen) atoms. The van der Waals surface area contributed by atoms with Gasteiger partial charge in [0.1, 0.15) is 11.5 Å². The lowest BCUT2D eigenvalue weighted by Crippen LogP contribution is -2.23. The van der Waals surface area contributed by atoms with Crippen LogP contribution in [0.5, 0.6) is 11.5 Å². The Morgan fingerprint density at radius 3 is 2.30 bits per heavy atom. The molecule has 0 aliphatic heterocycles. The number of carbonyl (C=O) groups excluding carboxylic acids is 1. The van der Waals surface area contributed by atoms with Gasteiger partial charge in [-0.3, -0.25) is 4.79 Å². The van der Waals surface area contributed by atoms with Crippen LogP contribution in [0.25, 0.3) is 0 Å². The van der Waals surface area contributed by atoms with Gasteiger partial charge < -0.3 is 25.6 Å². The van der Waals surface area contributed by atoms with Crippen molar-refractivity contribution in [3.8, 4) is 11.5 Å². The molecular weight excluding hydrogens is 380 g/mol. The van der Waals surface area contributed by atoms with Crippen LogP contribution >= 0.6 is 0 Å². The average molecular weight is 406 g/mol. The SMILES string of the molecule is COc1ccc(Nc2ccc(CCNC[C@H](O)c3ccc(O)c(C=O)c3)cc2)cc1. The minimum absolute atomic E-state index is 0.0844. The molecule has 156 valence electrons. The highest BCUT2D eigenvalue weighted by Crippen LogP contribution is 2.21. The van der Waals surface area contributed by atoms with E-state index in [9.17, 15) is 15.0 Å². The van der Waals surface area contributed by atoms with Gasteiger partial charge in [0, 0.05) is 17.9 Å². The molecule has 0 radical (unpaired) electrons. The van der Waals surface area contributed by atoms with Gasteiger partial charge in [0.15, 0.2) is 6.29 Å². The molecule has 0 aliphatic carbocycles. The van der Waals surface area contributed by atoms with Gasteiger partial charge in [-0.25, -0.2) is 0 Å². The maximum absolute atomic E-state index is 10.9. The number of anilines is 2. The zero-order valence-corrected chi connectivity index (χ0v) is 16.8. The molecule has 0 amide bonds. The standard InChI is InChI=1S/C24H26N2O4/c1-30-22-9-7-21(8-10-22)26-20-5-2-17(3-6-20)12-13-25-15-24(29)18-4-11-23(28)19(14-18)16-27/h2-11,14,16,24-26,28-29H,12-13,15H2,1H3/t24-/m0/s1. The third kappa shape index (κ3) is 5.83. The Hall–Kier alpha value is -3.35. The number of rotatable bonds is 10. The maximum Gasteiger partial charge on any atom is 0.153 e. The van der Waals surface area contributed by atoms with Crippen molar-refractivity contribution >= 4 is 17.7 Å². The van der Waals surface area contributed by atoms with Crippen LogP contribution in [0.1, 0.15) is 27.6 Å². The molecule has 0 saturated carbocycles. The summed E-state index contributed by atoms with van der Waals surface area (Å²) in [4.78, 5) is 10.9. The first-order chi connectivity index (χ1) is 14.6. The van der Waals surface area contributed by atoms with Crippen molar-refractivity contribution in [2.45, 2.75) is 12.5 Å². The van der Waals surface area contributed by atoms with Crippen LogP contribution < -0.4 is 15.4 Å². The van der Waals surface area contributed by atoms with Crippen molar-refractivity contribution in [2.24, 2.45) is 0 Å². The largest absolute Gasteiger partial charge is 0.507 e. The lowest BCUT2D eigenvalue weighted by atomic mass is 10.1. The summed E-state index contributed by atoms with van der Waals surface area (Å²) in [7, 11) is 1.65. The lowest BCUT2D eigenvalue weighted by molar-refractivity contribution is 0.112. The van der Waals surface area contributed by atoms with Crippen molar-refractivity contribution in [3.05, 3.63) is 83.4 Å². The van der Waals surface area contributed by atoms with Gasteiger partial charge in [-0.05, 0) is 72.6 Å². The van der Waals surface area contributed by atoms with Crippen molar-refractivity contribution in [2.75, 3.05) is 25.5 Å². The highest BCUT2D eigenvalue weighted by molar-refractivity contribution is 5.79. The Morgan fingerprint density at radius 1 is 1.00 bits per heavy atom. The van der Waals surface area contributed by atoms with Crippen LogP contribution in [-0.2, 0) is 6.42 Å². The fraction of sp³-hybridized carbons (Fsp3) is 0.208. The number of hydrogen-bond donors (Lipinski definition) is 4. The van der Waals surface area contributed by atoms with Crippen LogP contribution in [0.2, 0.25) is 0 Å². The summed E-state index contributed by atoms with van der Waals surface area (Å²) in [5.41, 5.74) is 3.95. The first-order valence-electron chi connectivity index (χ1n) is 9.76. The molecule has 0 fully saturated rings. The number of aliphatic hydroxyl groups is 1. The number of phenols is 1. The number of phenolic OH excluding ortho intramolecular Hbond substituents is 1. The quantitative estimate of drug-likeness (QED) is 0.302. The first kappa shape index (κ1) is 21.4. The zero-order chi connectivity index (χ0) is 21.3. The predicted molar refractivity (Wildman–Crippen MR) is 118 cm³/mol. The third-order valence-electron chi connectivity index (χ3n) is 4.82. The zero-order valence-electron chi connectivity index (χ0n) is 16.8. The third-order valence-corrected chi connectivity index (χ3v) is 4.82. The predicted octanol–water partition coefficient (Wildman–Crippen LogP) is 3.82. The van der Waals surface area contributed by atoms with Crippen molar-refractivity contribution in [3.63, 3.8) is 0 Å². The summed E-state index contributed by atoms with van der Waals surface area (Å²) in [6.07, 6.45) is 0.650. The number of methoxy groups -OCH3 is 1. The van der Waals surface area contributed by atoms with E-state index in [0.717, 1.165) is 23.5 Å². The number of aromatic hydroxyl groups is 1. The number of benzene rings is 3. The number of aliphatic hydroxyl groups excluding tert-OH is 1. The minimum atomic E-state index is -0.750. The van der Waals surface area contributed by atoms with Gasteiger partial charge in [0.2, 0.25) is 0 Å². The fourth-order valence-corrected chi connectivity index (χ4v) is 3.06. The van der Waals surface area contributed by atoms with E-state index < -0.39 is 6.10 Å². The van der Waals surface area contributed by atoms with Gasteiger partial charge in [0.25, 0.3) is 0 Å². The van der Waals surface area contributed by atoms with Crippen molar-refractivity contribution in [1.29, 1.82) is 0 Å². The van der Waals surface area contributed by atoms with E-state index in [-0.39, 0.29) is 11.3 Å². The molecule has 6 nitrogen and oxygen atoms in total. The van der Waals surface area contributed by atoms with Gasteiger partial charge in [0.05, 0.1) is 18.8 Å². The average Bonchev–Trinajstić information content (AvgIpc) is 2.78. The first-order valence-corrected chi connectivity index (χ1v) is 9.76. The Bertz CT molecular complexity index is 956. The van der Waals surface area contributed by atoms with E-state index in [1.807, 2.05) is 36.4 Å². The summed E-state index contributed by atoms with van der Waals surface area (Å²) in [5, 5.41) is 26.4. The normalized spacial score (nSPS) is 11.7. The molecule has 0 spiro atoms. The Kier molecular flexibility index (Phi) is 7.43. The number of hydrogen-bond acceptors (Lipinski definition) is 6. The number of carbonyl (C=O) groups is 1. The second-order valence-corrected chi connectivity index (χ2v) is 6.96. The molecule has 0 bridgehead atoms. The molecule has 4 N–H and O–H groups in total. The molecule has 0 aromatic heterocycles. The Balaban J connectivity index is 1.44. The van der Waals surface area contributed by atoms with Crippen LogP contribution in [0.3, 0.4) is 0 Å². The summed E-state index contributed by atoms with van der Waals surface area (Å²) in [5.74, 6) is 0.738.